The molecule has 10 heteroatoms. The Morgan fingerprint density at radius 1 is 0.682 bits per heavy atom. The molecular formula is C12H21N5O5. The maximum Gasteiger partial charge on any atom is 0.235 e. The topological polar surface area (TPSA) is 146 Å². The first kappa shape index (κ1) is 19.5. The van der Waals surface area contributed by atoms with Gasteiger partial charge in [0.25, 0.3) is 0 Å². The third-order valence-electron chi connectivity index (χ3n) is 2.21. The van der Waals surface area contributed by atoms with Gasteiger partial charge in [-0.2, -0.15) is 0 Å². The molecule has 0 atom stereocenters. The van der Waals surface area contributed by atoms with Gasteiger partial charge in [0, 0.05) is 0 Å². The van der Waals surface area contributed by atoms with Crippen molar-refractivity contribution in [2.24, 2.45) is 0 Å². The second kappa shape index (κ2) is 11.2. The number of carbonyl (C=O) groups excluding carboxylic acids is 5. The summed E-state index contributed by atoms with van der Waals surface area (Å²) < 4.78 is 0. The average Bonchev–Trinajstić information content (AvgIpc) is 2.37. The third kappa shape index (κ3) is 11.3. The van der Waals surface area contributed by atoms with Crippen LogP contribution in [0.25, 0.3) is 0 Å². The van der Waals surface area contributed by atoms with Crippen molar-refractivity contribution < 1.29 is 24.0 Å². The average molecular weight is 315 g/mol. The van der Waals surface area contributed by atoms with Crippen LogP contribution < -0.4 is 26.6 Å². The fourth-order valence-corrected chi connectivity index (χ4v) is 1.27. The first-order chi connectivity index (χ1) is 10.3. The number of amides is 4. The SMILES string of the molecule is CNCC(=O)NCNC(=O)CC(=O)NCNC(=O)CC(C)=O. The van der Waals surface area contributed by atoms with Crippen LogP contribution in [0, 0.1) is 0 Å². The van der Waals surface area contributed by atoms with Crippen LogP contribution in [0.15, 0.2) is 0 Å². The highest BCUT2D eigenvalue weighted by atomic mass is 16.2. The van der Waals surface area contributed by atoms with Crippen LogP contribution in [0.4, 0.5) is 0 Å². The van der Waals surface area contributed by atoms with Gasteiger partial charge in [0.1, 0.15) is 12.2 Å². The molecule has 0 bridgehead atoms. The summed E-state index contributed by atoms with van der Waals surface area (Å²) in [5, 5.41) is 12.0. The van der Waals surface area contributed by atoms with E-state index in [0.29, 0.717) is 0 Å². The largest absolute Gasteiger partial charge is 0.338 e. The lowest BCUT2D eigenvalue weighted by Gasteiger charge is -2.08. The number of carbonyl (C=O) groups is 5. The van der Waals surface area contributed by atoms with Gasteiger partial charge in [0.15, 0.2) is 0 Å². The van der Waals surface area contributed by atoms with Crippen molar-refractivity contribution in [3.05, 3.63) is 0 Å². The van der Waals surface area contributed by atoms with Crippen molar-refractivity contribution in [3.63, 3.8) is 0 Å². The third-order valence-corrected chi connectivity index (χ3v) is 2.21. The summed E-state index contributed by atoms with van der Waals surface area (Å²) in [4.78, 5) is 55.6. The Balaban J connectivity index is 3.74. The van der Waals surface area contributed by atoms with Crippen molar-refractivity contribution in [3.8, 4) is 0 Å². The molecule has 0 spiro atoms. The van der Waals surface area contributed by atoms with Crippen molar-refractivity contribution in [1.82, 2.24) is 26.6 Å². The van der Waals surface area contributed by atoms with E-state index in [0.717, 1.165) is 0 Å². The van der Waals surface area contributed by atoms with Gasteiger partial charge in [0.2, 0.25) is 23.6 Å². The molecule has 4 amide bonds. The summed E-state index contributed by atoms with van der Waals surface area (Å²) in [6, 6.07) is 0. The van der Waals surface area contributed by atoms with Gasteiger partial charge in [-0.15, -0.1) is 0 Å². The molecule has 124 valence electrons. The zero-order chi connectivity index (χ0) is 17.0. The Hall–Kier alpha value is -2.49. The second-order valence-corrected chi connectivity index (χ2v) is 4.34. The second-order valence-electron chi connectivity index (χ2n) is 4.34. The number of hydrogen-bond acceptors (Lipinski definition) is 6. The Labute approximate surface area is 127 Å². The van der Waals surface area contributed by atoms with Crippen LogP contribution in [0.2, 0.25) is 0 Å². The number of Topliss-reactive ketones (excluding diaryl/α,β-unsaturated/α-hetero) is 1. The zero-order valence-corrected chi connectivity index (χ0v) is 12.6. The van der Waals surface area contributed by atoms with Crippen LogP contribution in [0.1, 0.15) is 19.8 Å². The molecular weight excluding hydrogens is 294 g/mol. The molecule has 0 saturated carbocycles. The molecule has 0 aliphatic heterocycles. The van der Waals surface area contributed by atoms with Gasteiger partial charge in [-0.25, -0.2) is 0 Å². The van der Waals surface area contributed by atoms with Gasteiger partial charge in [-0.1, -0.05) is 0 Å². The molecule has 0 aromatic rings. The predicted octanol–water partition coefficient (Wildman–Crippen LogP) is -3.05. The van der Waals surface area contributed by atoms with E-state index in [1.54, 1.807) is 7.05 Å². The highest BCUT2D eigenvalue weighted by Crippen LogP contribution is 1.82. The first-order valence-corrected chi connectivity index (χ1v) is 6.56. The maximum absolute atomic E-state index is 11.4. The van der Waals surface area contributed by atoms with Crippen molar-refractivity contribution in [2.75, 3.05) is 26.9 Å². The normalized spacial score (nSPS) is 9.55. The summed E-state index contributed by atoms with van der Waals surface area (Å²) in [6.45, 7) is 1.15. The quantitative estimate of drug-likeness (QED) is 0.214. The van der Waals surface area contributed by atoms with E-state index in [1.807, 2.05) is 0 Å². The van der Waals surface area contributed by atoms with E-state index < -0.39 is 24.1 Å². The Morgan fingerprint density at radius 2 is 1.09 bits per heavy atom. The predicted molar refractivity (Wildman–Crippen MR) is 76.1 cm³/mol. The molecule has 0 rings (SSSR count). The molecule has 22 heavy (non-hydrogen) atoms. The highest BCUT2D eigenvalue weighted by Gasteiger charge is 2.10. The lowest BCUT2D eigenvalue weighted by molar-refractivity contribution is -0.129. The smallest absolute Gasteiger partial charge is 0.235 e. The van der Waals surface area contributed by atoms with Crippen LogP contribution in [-0.4, -0.2) is 56.3 Å². The molecule has 0 aliphatic carbocycles. The number of nitrogens with one attached hydrogen (secondary N) is 5. The summed E-state index contributed by atoms with van der Waals surface area (Å²) in [7, 11) is 1.61. The summed E-state index contributed by atoms with van der Waals surface area (Å²) in [6.07, 6.45) is -0.701. The molecule has 0 heterocycles. The van der Waals surface area contributed by atoms with Crippen molar-refractivity contribution in [2.45, 2.75) is 19.8 Å². The maximum atomic E-state index is 11.4. The fraction of sp³-hybridized carbons (Fsp3) is 0.583. The lowest BCUT2D eigenvalue weighted by atomic mass is 10.3. The van der Waals surface area contributed by atoms with Gasteiger partial charge >= 0.3 is 0 Å². The van der Waals surface area contributed by atoms with Crippen molar-refractivity contribution in [1.29, 1.82) is 0 Å². The van der Waals surface area contributed by atoms with Crippen LogP contribution >= 0.6 is 0 Å². The van der Waals surface area contributed by atoms with Gasteiger partial charge in [-0.3, -0.25) is 24.0 Å². The number of hydrogen-bond donors (Lipinski definition) is 5. The minimum atomic E-state index is -0.595. The molecule has 0 fully saturated rings. The summed E-state index contributed by atoms with van der Waals surface area (Å²) in [5.74, 6) is -2.26. The minimum Gasteiger partial charge on any atom is -0.338 e. The summed E-state index contributed by atoms with van der Waals surface area (Å²) in [5.41, 5.74) is 0. The number of rotatable bonds is 10. The molecule has 0 saturated heterocycles. The number of ketones is 1. The van der Waals surface area contributed by atoms with Gasteiger partial charge in [-0.05, 0) is 14.0 Å². The van der Waals surface area contributed by atoms with E-state index in [2.05, 4.69) is 26.6 Å². The van der Waals surface area contributed by atoms with Crippen LogP contribution in [0.3, 0.4) is 0 Å². The zero-order valence-electron chi connectivity index (χ0n) is 12.6. The van der Waals surface area contributed by atoms with Crippen molar-refractivity contribution >= 4 is 29.4 Å². The summed E-state index contributed by atoms with van der Waals surface area (Å²) >= 11 is 0. The first-order valence-electron chi connectivity index (χ1n) is 6.56. The van der Waals surface area contributed by atoms with E-state index in [4.69, 9.17) is 0 Å². The fourth-order valence-electron chi connectivity index (χ4n) is 1.27. The molecule has 10 nitrogen and oxygen atoms in total. The highest BCUT2D eigenvalue weighted by molar-refractivity contribution is 5.98. The van der Waals surface area contributed by atoms with E-state index in [1.165, 1.54) is 6.92 Å². The Bertz CT molecular complexity index is 438. The van der Waals surface area contributed by atoms with Gasteiger partial charge in [0.05, 0.1) is 26.3 Å². The standard InChI is InChI=1S/C12H21N5O5/c1-8(18)3-9(19)14-6-15-10(20)4-11(21)16-7-17-12(22)5-13-2/h13H,3-7H2,1-2H3,(H,14,19)(H,15,20)(H,16,21)(H,17,22). The molecule has 0 aromatic heterocycles. The van der Waals surface area contributed by atoms with E-state index in [-0.39, 0.29) is 38.0 Å². The monoisotopic (exact) mass is 315 g/mol. The molecule has 0 unspecified atom stereocenters. The Morgan fingerprint density at radius 3 is 1.50 bits per heavy atom. The van der Waals surface area contributed by atoms with E-state index >= 15 is 0 Å². The molecule has 0 radical (unpaired) electrons. The Kier molecular flexibility index (Phi) is 9.93. The minimum absolute atomic E-state index is 0.0814. The molecule has 0 aliphatic rings. The van der Waals surface area contributed by atoms with Crippen LogP contribution in [0.5, 0.6) is 0 Å². The van der Waals surface area contributed by atoms with Gasteiger partial charge < -0.3 is 26.6 Å². The van der Waals surface area contributed by atoms with Crippen LogP contribution in [-0.2, 0) is 24.0 Å². The molecule has 0 aromatic carbocycles. The van der Waals surface area contributed by atoms with E-state index in [9.17, 15) is 24.0 Å². The lowest BCUT2D eigenvalue weighted by Crippen LogP contribution is -2.43. The number of likely N-dealkylation sites (N-methyl/N-ethyl adjacent to an activating group) is 1. The molecule has 5 N–H and O–H groups in total.